The fraction of sp³-hybridized carbons (Fsp3) is 0.379. The highest BCUT2D eigenvalue weighted by atomic mass is 16.2. The van der Waals surface area contributed by atoms with Crippen molar-refractivity contribution < 1.29 is 4.79 Å². The van der Waals surface area contributed by atoms with Crippen LogP contribution in [0.1, 0.15) is 57.4 Å². The van der Waals surface area contributed by atoms with E-state index in [-0.39, 0.29) is 11.9 Å². The molecule has 4 aromatic rings. The van der Waals surface area contributed by atoms with E-state index in [1.54, 1.807) is 0 Å². The third-order valence-electron chi connectivity index (χ3n) is 7.72. The largest absolute Gasteiger partial charge is 0.352 e. The monoisotopic (exact) mass is 437 g/mol. The van der Waals surface area contributed by atoms with Gasteiger partial charge in [0.05, 0.1) is 11.0 Å². The molecule has 2 aliphatic rings. The number of hydrogen-bond acceptors (Lipinski definition) is 2. The van der Waals surface area contributed by atoms with Crippen LogP contribution in [0.5, 0.6) is 0 Å². The zero-order valence-electron chi connectivity index (χ0n) is 19.0. The third kappa shape index (κ3) is 3.72. The Morgan fingerprint density at radius 3 is 2.39 bits per heavy atom. The Morgan fingerprint density at radius 1 is 0.848 bits per heavy atom. The fourth-order valence-electron chi connectivity index (χ4n) is 6.11. The Bertz CT molecular complexity index is 1290. The van der Waals surface area contributed by atoms with Gasteiger partial charge in [0.25, 0.3) is 0 Å². The summed E-state index contributed by atoms with van der Waals surface area (Å²) < 4.78 is 2.28. The second-order valence-electron chi connectivity index (χ2n) is 9.80. The molecule has 2 fully saturated rings. The number of carbonyl (C=O) groups excluding carboxylic acids is 1. The molecule has 0 saturated heterocycles. The number of fused-ring (bicyclic) bond motifs is 2. The topological polar surface area (TPSA) is 46.9 Å². The maximum Gasteiger partial charge on any atom is 0.243 e. The maximum atomic E-state index is 13.9. The van der Waals surface area contributed by atoms with Crippen molar-refractivity contribution in [3.8, 4) is 11.4 Å². The molecule has 1 N–H and O–H groups in total. The zero-order chi connectivity index (χ0) is 22.2. The minimum Gasteiger partial charge on any atom is -0.352 e. The van der Waals surface area contributed by atoms with Crippen molar-refractivity contribution in [1.29, 1.82) is 0 Å². The number of aromatic nitrogens is 2. The van der Waals surface area contributed by atoms with E-state index in [9.17, 15) is 4.79 Å². The molecule has 4 nitrogen and oxygen atoms in total. The molecule has 0 radical (unpaired) electrons. The van der Waals surface area contributed by atoms with E-state index in [4.69, 9.17) is 4.98 Å². The molecule has 3 aromatic carbocycles. The molecule has 1 atom stereocenters. The van der Waals surface area contributed by atoms with E-state index in [1.807, 2.05) is 6.07 Å². The molecule has 1 unspecified atom stereocenters. The number of amides is 1. The van der Waals surface area contributed by atoms with Gasteiger partial charge in [-0.2, -0.15) is 0 Å². The summed E-state index contributed by atoms with van der Waals surface area (Å²) in [7, 11) is 0. The van der Waals surface area contributed by atoms with Crippen molar-refractivity contribution in [3.63, 3.8) is 0 Å². The SMILES string of the molecule is O=C(NC1CCCC1)C(C1CCCC1)n1c(-c2cccc3ccccc23)nc2ccccc21. The third-order valence-corrected chi connectivity index (χ3v) is 7.72. The Hall–Kier alpha value is -3.14. The summed E-state index contributed by atoms with van der Waals surface area (Å²) in [6, 6.07) is 23.3. The van der Waals surface area contributed by atoms with Gasteiger partial charge in [0.15, 0.2) is 0 Å². The Kier molecular flexibility index (Phi) is 5.37. The molecule has 4 heteroatoms. The van der Waals surface area contributed by atoms with Gasteiger partial charge in [-0.3, -0.25) is 4.79 Å². The van der Waals surface area contributed by atoms with Crippen LogP contribution < -0.4 is 5.32 Å². The van der Waals surface area contributed by atoms with Crippen molar-refractivity contribution in [2.75, 3.05) is 0 Å². The first-order chi connectivity index (χ1) is 16.3. The second-order valence-corrected chi connectivity index (χ2v) is 9.80. The van der Waals surface area contributed by atoms with Gasteiger partial charge >= 0.3 is 0 Å². The summed E-state index contributed by atoms with van der Waals surface area (Å²) in [5, 5.41) is 5.81. The lowest BCUT2D eigenvalue weighted by Gasteiger charge is -2.28. The van der Waals surface area contributed by atoms with Crippen LogP contribution in [0.15, 0.2) is 66.7 Å². The smallest absolute Gasteiger partial charge is 0.243 e. The molecule has 2 saturated carbocycles. The van der Waals surface area contributed by atoms with Gasteiger partial charge in [-0.25, -0.2) is 4.98 Å². The predicted molar refractivity (Wildman–Crippen MR) is 134 cm³/mol. The highest BCUT2D eigenvalue weighted by Gasteiger charge is 2.36. The Balaban J connectivity index is 1.55. The first-order valence-corrected chi connectivity index (χ1v) is 12.5. The number of para-hydroxylation sites is 2. The van der Waals surface area contributed by atoms with Crippen LogP contribution in [0.4, 0.5) is 0 Å². The molecule has 6 rings (SSSR count). The minimum atomic E-state index is -0.227. The van der Waals surface area contributed by atoms with Gasteiger partial charge in [0.2, 0.25) is 5.91 Å². The van der Waals surface area contributed by atoms with Crippen LogP contribution in [0, 0.1) is 5.92 Å². The minimum absolute atomic E-state index is 0.179. The van der Waals surface area contributed by atoms with Crippen LogP contribution in [-0.2, 0) is 4.79 Å². The van der Waals surface area contributed by atoms with E-state index in [0.29, 0.717) is 12.0 Å². The lowest BCUT2D eigenvalue weighted by atomic mass is 9.95. The summed E-state index contributed by atoms with van der Waals surface area (Å²) in [5.41, 5.74) is 3.11. The predicted octanol–water partition coefficient (Wildman–Crippen LogP) is 6.65. The van der Waals surface area contributed by atoms with E-state index < -0.39 is 0 Å². The maximum absolute atomic E-state index is 13.9. The number of nitrogens with one attached hydrogen (secondary N) is 1. The van der Waals surface area contributed by atoms with Crippen molar-refractivity contribution in [3.05, 3.63) is 66.7 Å². The molecule has 1 heterocycles. The van der Waals surface area contributed by atoms with E-state index in [2.05, 4.69) is 70.5 Å². The van der Waals surface area contributed by atoms with Crippen LogP contribution in [0.3, 0.4) is 0 Å². The average Bonchev–Trinajstić information content (AvgIpc) is 3.61. The normalized spacial score (nSPS) is 18.3. The van der Waals surface area contributed by atoms with Gasteiger partial charge < -0.3 is 9.88 Å². The number of carbonyl (C=O) groups is 1. The van der Waals surface area contributed by atoms with Crippen molar-refractivity contribution >= 4 is 27.7 Å². The van der Waals surface area contributed by atoms with E-state index >= 15 is 0 Å². The number of benzene rings is 3. The van der Waals surface area contributed by atoms with Gasteiger partial charge in [0.1, 0.15) is 11.9 Å². The Morgan fingerprint density at radius 2 is 1.55 bits per heavy atom. The first-order valence-electron chi connectivity index (χ1n) is 12.5. The molecule has 168 valence electrons. The summed E-state index contributed by atoms with van der Waals surface area (Å²) >= 11 is 0. The quantitative estimate of drug-likeness (QED) is 0.380. The molecule has 0 spiro atoms. The summed E-state index contributed by atoms with van der Waals surface area (Å²) in [6.45, 7) is 0. The summed E-state index contributed by atoms with van der Waals surface area (Å²) in [6.07, 6.45) is 9.24. The van der Waals surface area contributed by atoms with Gasteiger partial charge in [-0.05, 0) is 54.5 Å². The summed E-state index contributed by atoms with van der Waals surface area (Å²) in [4.78, 5) is 19.0. The molecule has 2 aliphatic carbocycles. The van der Waals surface area contributed by atoms with Crippen LogP contribution in [0.2, 0.25) is 0 Å². The van der Waals surface area contributed by atoms with Crippen LogP contribution in [-0.4, -0.2) is 21.5 Å². The van der Waals surface area contributed by atoms with E-state index in [1.165, 1.54) is 36.5 Å². The highest BCUT2D eigenvalue weighted by molar-refractivity contribution is 5.97. The van der Waals surface area contributed by atoms with E-state index in [0.717, 1.165) is 48.1 Å². The standard InChI is InChI=1S/C29H31N3O/c33-29(30-22-14-4-5-15-22)27(21-11-1-2-12-21)32-26-19-8-7-18-25(26)31-28(32)24-17-9-13-20-10-3-6-16-23(20)24/h3,6-10,13,16-19,21-22,27H,1-2,4-5,11-12,14-15H2,(H,30,33). The van der Waals surface area contributed by atoms with Crippen molar-refractivity contribution in [1.82, 2.24) is 14.9 Å². The first kappa shape index (κ1) is 20.5. The van der Waals surface area contributed by atoms with Crippen LogP contribution in [0.25, 0.3) is 33.2 Å². The Labute approximate surface area is 195 Å². The van der Waals surface area contributed by atoms with Crippen molar-refractivity contribution in [2.24, 2.45) is 5.92 Å². The fourth-order valence-corrected chi connectivity index (χ4v) is 6.11. The molecule has 1 amide bonds. The number of hydrogen-bond donors (Lipinski definition) is 1. The second kappa shape index (κ2) is 8.66. The lowest BCUT2D eigenvalue weighted by Crippen LogP contribution is -2.41. The highest BCUT2D eigenvalue weighted by Crippen LogP contribution is 2.40. The number of nitrogens with zero attached hydrogens (tertiary/aromatic N) is 2. The number of rotatable bonds is 5. The molecule has 33 heavy (non-hydrogen) atoms. The number of imidazole rings is 1. The average molecular weight is 438 g/mol. The zero-order valence-corrected chi connectivity index (χ0v) is 19.0. The molecule has 0 aliphatic heterocycles. The van der Waals surface area contributed by atoms with Gasteiger partial charge in [-0.1, -0.05) is 80.3 Å². The molecular weight excluding hydrogens is 406 g/mol. The van der Waals surface area contributed by atoms with Crippen LogP contribution >= 0.6 is 0 Å². The molecule has 1 aromatic heterocycles. The summed E-state index contributed by atoms with van der Waals surface area (Å²) in [5.74, 6) is 1.43. The molecular formula is C29H31N3O. The van der Waals surface area contributed by atoms with Gasteiger partial charge in [-0.15, -0.1) is 0 Å². The van der Waals surface area contributed by atoms with Crippen molar-refractivity contribution in [2.45, 2.75) is 63.5 Å². The molecule has 0 bridgehead atoms. The van der Waals surface area contributed by atoms with Gasteiger partial charge in [0, 0.05) is 11.6 Å². The lowest BCUT2D eigenvalue weighted by molar-refractivity contribution is -0.126.